The third-order valence-electron chi connectivity index (χ3n) is 4.04. The van der Waals surface area contributed by atoms with E-state index in [2.05, 4.69) is 88.2 Å². The number of aromatic amines is 1. The van der Waals surface area contributed by atoms with Crippen LogP contribution in [0.2, 0.25) is 0 Å². The fourth-order valence-corrected chi connectivity index (χ4v) is 3.22. The second-order valence-electron chi connectivity index (χ2n) is 5.40. The molecule has 1 aromatic heterocycles. The summed E-state index contributed by atoms with van der Waals surface area (Å²) in [6, 6.07) is 21.4. The molecule has 0 amide bonds. The molecule has 0 aliphatic rings. The van der Waals surface area contributed by atoms with Gasteiger partial charge in [-0.2, -0.15) is 0 Å². The summed E-state index contributed by atoms with van der Waals surface area (Å²) in [4.78, 5) is 3.47. The van der Waals surface area contributed by atoms with Gasteiger partial charge in [-0.25, -0.2) is 0 Å². The summed E-state index contributed by atoms with van der Waals surface area (Å²) in [5, 5.41) is 2.50. The summed E-state index contributed by atoms with van der Waals surface area (Å²) in [5.74, 6) is 0. The predicted molar refractivity (Wildman–Crippen MR) is 99.0 cm³/mol. The first-order valence-electron chi connectivity index (χ1n) is 7.18. The molecule has 0 unspecified atom stereocenters. The largest absolute Gasteiger partial charge is 0.355 e. The van der Waals surface area contributed by atoms with Crippen LogP contribution in [-0.4, -0.2) is 4.98 Å². The number of hydrogen-bond donors (Lipinski definition) is 1. The summed E-state index contributed by atoms with van der Waals surface area (Å²) in [5.41, 5.74) is 5.92. The standard InChI is InChI=1S/C20H14BrN/c1-2-13-3-5-14(6-4-13)15-7-9-19-17(11-15)18-12-16(21)8-10-20(18)22-19/h2-12,22H,1H2. The van der Waals surface area contributed by atoms with E-state index in [1.807, 2.05) is 6.08 Å². The number of nitrogens with one attached hydrogen (secondary N) is 1. The van der Waals surface area contributed by atoms with Gasteiger partial charge in [-0.3, -0.25) is 0 Å². The molecule has 0 saturated heterocycles. The van der Waals surface area contributed by atoms with Crippen LogP contribution >= 0.6 is 15.9 Å². The molecule has 106 valence electrons. The summed E-state index contributed by atoms with van der Waals surface area (Å²) in [6.07, 6.45) is 1.87. The number of H-pyrrole nitrogens is 1. The van der Waals surface area contributed by atoms with E-state index in [1.54, 1.807) is 0 Å². The van der Waals surface area contributed by atoms with E-state index in [0.29, 0.717) is 0 Å². The molecule has 1 nitrogen and oxygen atoms in total. The Morgan fingerprint density at radius 3 is 2.14 bits per heavy atom. The first-order valence-corrected chi connectivity index (χ1v) is 7.98. The van der Waals surface area contributed by atoms with Gasteiger partial charge in [0, 0.05) is 26.3 Å². The van der Waals surface area contributed by atoms with Crippen LogP contribution in [0.4, 0.5) is 0 Å². The van der Waals surface area contributed by atoms with Crippen molar-refractivity contribution in [3.63, 3.8) is 0 Å². The Balaban J connectivity index is 1.93. The van der Waals surface area contributed by atoms with Gasteiger partial charge in [0.05, 0.1) is 0 Å². The maximum atomic E-state index is 3.80. The zero-order valence-corrected chi connectivity index (χ0v) is 13.5. The second-order valence-corrected chi connectivity index (χ2v) is 6.32. The zero-order valence-electron chi connectivity index (χ0n) is 11.9. The lowest BCUT2D eigenvalue weighted by Crippen LogP contribution is -1.79. The van der Waals surface area contributed by atoms with Crippen molar-refractivity contribution in [3.05, 3.63) is 77.3 Å². The molecule has 4 aromatic rings. The van der Waals surface area contributed by atoms with Gasteiger partial charge in [0.2, 0.25) is 0 Å². The Hall–Kier alpha value is -2.32. The van der Waals surface area contributed by atoms with Gasteiger partial charge >= 0.3 is 0 Å². The van der Waals surface area contributed by atoms with E-state index in [1.165, 1.54) is 27.4 Å². The summed E-state index contributed by atoms with van der Waals surface area (Å²) >= 11 is 3.56. The van der Waals surface area contributed by atoms with Crippen LogP contribution in [0, 0.1) is 0 Å². The Morgan fingerprint density at radius 1 is 0.773 bits per heavy atom. The number of hydrogen-bond acceptors (Lipinski definition) is 0. The molecule has 3 aromatic carbocycles. The Morgan fingerprint density at radius 2 is 1.41 bits per heavy atom. The van der Waals surface area contributed by atoms with Gasteiger partial charge in [-0.15, -0.1) is 0 Å². The van der Waals surface area contributed by atoms with Crippen LogP contribution in [-0.2, 0) is 0 Å². The van der Waals surface area contributed by atoms with Crippen LogP contribution in [0.5, 0.6) is 0 Å². The van der Waals surface area contributed by atoms with Gasteiger partial charge in [0.1, 0.15) is 0 Å². The molecule has 0 atom stereocenters. The van der Waals surface area contributed by atoms with E-state index in [9.17, 15) is 0 Å². The molecule has 0 fully saturated rings. The fraction of sp³-hybridized carbons (Fsp3) is 0. The van der Waals surface area contributed by atoms with E-state index in [-0.39, 0.29) is 0 Å². The molecular weight excluding hydrogens is 334 g/mol. The van der Waals surface area contributed by atoms with Gasteiger partial charge in [-0.05, 0) is 47.0 Å². The third-order valence-corrected chi connectivity index (χ3v) is 4.53. The van der Waals surface area contributed by atoms with Crippen molar-refractivity contribution in [2.75, 3.05) is 0 Å². The molecule has 0 aliphatic carbocycles. The van der Waals surface area contributed by atoms with Crippen LogP contribution in [0.3, 0.4) is 0 Å². The molecule has 1 heterocycles. The first-order chi connectivity index (χ1) is 10.7. The van der Waals surface area contributed by atoms with Crippen molar-refractivity contribution in [2.24, 2.45) is 0 Å². The van der Waals surface area contributed by atoms with Crippen LogP contribution in [0.15, 0.2) is 71.7 Å². The number of aromatic nitrogens is 1. The quantitative estimate of drug-likeness (QED) is 0.432. The van der Waals surface area contributed by atoms with Gasteiger partial charge < -0.3 is 4.98 Å². The smallest absolute Gasteiger partial charge is 0.0465 e. The molecule has 0 bridgehead atoms. The van der Waals surface area contributed by atoms with E-state index >= 15 is 0 Å². The highest BCUT2D eigenvalue weighted by Crippen LogP contribution is 2.31. The predicted octanol–water partition coefficient (Wildman–Crippen LogP) is 6.39. The highest BCUT2D eigenvalue weighted by atomic mass is 79.9. The van der Waals surface area contributed by atoms with Gasteiger partial charge in [0.15, 0.2) is 0 Å². The van der Waals surface area contributed by atoms with Crippen molar-refractivity contribution in [1.29, 1.82) is 0 Å². The maximum Gasteiger partial charge on any atom is 0.0465 e. The van der Waals surface area contributed by atoms with Crippen molar-refractivity contribution < 1.29 is 0 Å². The molecule has 4 rings (SSSR count). The minimum Gasteiger partial charge on any atom is -0.355 e. The van der Waals surface area contributed by atoms with Gasteiger partial charge in [0.25, 0.3) is 0 Å². The van der Waals surface area contributed by atoms with Crippen molar-refractivity contribution in [1.82, 2.24) is 4.98 Å². The number of fused-ring (bicyclic) bond motifs is 3. The SMILES string of the molecule is C=Cc1ccc(-c2ccc3[nH]c4ccc(Br)cc4c3c2)cc1. The topological polar surface area (TPSA) is 15.8 Å². The van der Waals surface area contributed by atoms with E-state index in [4.69, 9.17) is 0 Å². The van der Waals surface area contributed by atoms with Crippen molar-refractivity contribution >= 4 is 43.8 Å². The Labute approximate surface area is 137 Å². The molecular formula is C20H14BrN. The molecule has 1 N–H and O–H groups in total. The second kappa shape index (κ2) is 5.15. The Bertz CT molecular complexity index is 994. The number of benzene rings is 3. The van der Waals surface area contributed by atoms with E-state index < -0.39 is 0 Å². The van der Waals surface area contributed by atoms with E-state index in [0.717, 1.165) is 15.6 Å². The monoisotopic (exact) mass is 347 g/mol. The first kappa shape index (κ1) is 13.4. The van der Waals surface area contributed by atoms with Crippen molar-refractivity contribution in [3.8, 4) is 11.1 Å². The minimum atomic E-state index is 1.10. The lowest BCUT2D eigenvalue weighted by atomic mass is 10.0. The van der Waals surface area contributed by atoms with Crippen molar-refractivity contribution in [2.45, 2.75) is 0 Å². The fourth-order valence-electron chi connectivity index (χ4n) is 2.86. The summed E-state index contributed by atoms with van der Waals surface area (Å²) in [6.45, 7) is 3.80. The number of rotatable bonds is 2. The highest BCUT2D eigenvalue weighted by Gasteiger charge is 2.06. The molecule has 0 aliphatic heterocycles. The normalized spacial score (nSPS) is 11.1. The lowest BCUT2D eigenvalue weighted by molar-refractivity contribution is 1.54. The average Bonchev–Trinajstić information content (AvgIpc) is 2.92. The Kier molecular flexibility index (Phi) is 3.12. The summed E-state index contributed by atoms with van der Waals surface area (Å²) in [7, 11) is 0. The molecule has 0 radical (unpaired) electrons. The molecule has 2 heteroatoms. The maximum absolute atomic E-state index is 3.80. The average molecular weight is 348 g/mol. The molecule has 22 heavy (non-hydrogen) atoms. The molecule has 0 spiro atoms. The highest BCUT2D eigenvalue weighted by molar-refractivity contribution is 9.10. The zero-order chi connectivity index (χ0) is 15.1. The van der Waals surface area contributed by atoms with Crippen LogP contribution in [0.1, 0.15) is 5.56 Å². The molecule has 0 saturated carbocycles. The summed E-state index contributed by atoms with van der Waals surface area (Å²) < 4.78 is 1.10. The third kappa shape index (κ3) is 2.16. The van der Waals surface area contributed by atoms with Crippen LogP contribution < -0.4 is 0 Å². The van der Waals surface area contributed by atoms with Crippen LogP contribution in [0.25, 0.3) is 39.0 Å². The lowest BCUT2D eigenvalue weighted by Gasteiger charge is -2.03. The van der Waals surface area contributed by atoms with Gasteiger partial charge in [-0.1, -0.05) is 58.9 Å². The number of halogens is 1. The minimum absolute atomic E-state index is 1.10.